The fourth-order valence-electron chi connectivity index (χ4n) is 5.02. The van der Waals surface area contributed by atoms with Crippen LogP contribution in [0.2, 0.25) is 0 Å². The lowest BCUT2D eigenvalue weighted by Crippen LogP contribution is -2.64. The average Bonchev–Trinajstić information content (AvgIpc) is 2.89. The van der Waals surface area contributed by atoms with Gasteiger partial charge in [-0.15, -0.1) is 0 Å². The molecule has 2 unspecified atom stereocenters. The van der Waals surface area contributed by atoms with Gasteiger partial charge in [-0.25, -0.2) is 0 Å². The van der Waals surface area contributed by atoms with E-state index in [0.717, 1.165) is 13.0 Å². The Morgan fingerprint density at radius 1 is 1.15 bits per heavy atom. The van der Waals surface area contributed by atoms with Crippen LogP contribution < -0.4 is 11.3 Å². The average molecular weight is 281 g/mol. The summed E-state index contributed by atoms with van der Waals surface area (Å²) in [4.78, 5) is 2.44. The van der Waals surface area contributed by atoms with E-state index in [1.807, 2.05) is 0 Å². The summed E-state index contributed by atoms with van der Waals surface area (Å²) >= 11 is 0. The molecule has 1 saturated heterocycles. The summed E-state index contributed by atoms with van der Waals surface area (Å²) in [6, 6.07) is 0.404. The van der Waals surface area contributed by atoms with Crippen LogP contribution in [0.4, 0.5) is 0 Å². The van der Waals surface area contributed by atoms with Crippen molar-refractivity contribution >= 4 is 0 Å². The second kappa shape index (κ2) is 5.56. The molecule has 20 heavy (non-hydrogen) atoms. The van der Waals surface area contributed by atoms with Gasteiger partial charge in [-0.05, 0) is 65.0 Å². The van der Waals surface area contributed by atoms with Crippen molar-refractivity contribution in [1.29, 1.82) is 0 Å². The van der Waals surface area contributed by atoms with Crippen LogP contribution in [0, 0.1) is 5.92 Å². The first kappa shape index (κ1) is 14.8. The monoisotopic (exact) mass is 281 g/mol. The summed E-state index contributed by atoms with van der Waals surface area (Å²) in [5.74, 6) is 6.70. The predicted octanol–water partition coefficient (Wildman–Crippen LogP) is 2.04. The summed E-state index contributed by atoms with van der Waals surface area (Å²) in [6.07, 6.45) is 11.5. The molecule has 3 rings (SSSR count). The zero-order chi connectivity index (χ0) is 14.2. The highest BCUT2D eigenvalue weighted by Gasteiger charge is 2.50. The number of hydrogen-bond donors (Lipinski definition) is 2. The Morgan fingerprint density at radius 2 is 1.85 bits per heavy atom. The number of nitrogens with two attached hydrogens (primary N) is 1. The summed E-state index contributed by atoms with van der Waals surface area (Å²) in [7, 11) is 4.46. The Labute approximate surface area is 123 Å². The number of hydrazine groups is 1. The SMILES string of the molecule is CN(C)C1(C(NN)C2CCOC3(CCC3)C2)CCCC1. The van der Waals surface area contributed by atoms with Crippen molar-refractivity contribution in [1.82, 2.24) is 10.3 Å². The van der Waals surface area contributed by atoms with E-state index in [2.05, 4.69) is 24.4 Å². The molecule has 2 saturated carbocycles. The molecule has 1 aliphatic heterocycles. The lowest BCUT2D eigenvalue weighted by molar-refractivity contribution is -0.152. The van der Waals surface area contributed by atoms with Crippen LogP contribution in [0.25, 0.3) is 0 Å². The second-order valence-electron chi connectivity index (χ2n) is 7.49. The second-order valence-corrected chi connectivity index (χ2v) is 7.49. The van der Waals surface area contributed by atoms with Gasteiger partial charge < -0.3 is 9.64 Å². The molecule has 3 N–H and O–H groups in total. The van der Waals surface area contributed by atoms with Crippen LogP contribution in [-0.2, 0) is 4.74 Å². The molecule has 0 radical (unpaired) electrons. The maximum atomic E-state index is 6.10. The summed E-state index contributed by atoms with van der Waals surface area (Å²) < 4.78 is 6.10. The van der Waals surface area contributed by atoms with Crippen molar-refractivity contribution in [2.45, 2.75) is 75.0 Å². The van der Waals surface area contributed by atoms with Crippen LogP contribution in [0.1, 0.15) is 57.8 Å². The van der Waals surface area contributed by atoms with E-state index < -0.39 is 0 Å². The van der Waals surface area contributed by atoms with Gasteiger partial charge in [-0.2, -0.15) is 0 Å². The minimum Gasteiger partial charge on any atom is -0.375 e. The molecule has 0 amide bonds. The summed E-state index contributed by atoms with van der Waals surface area (Å²) in [5, 5.41) is 0. The first-order valence-electron chi connectivity index (χ1n) is 8.39. The maximum absolute atomic E-state index is 6.10. The molecule has 116 valence electrons. The van der Waals surface area contributed by atoms with Gasteiger partial charge in [0.2, 0.25) is 0 Å². The molecule has 0 aromatic rings. The normalized spacial score (nSPS) is 33.3. The van der Waals surface area contributed by atoms with Gasteiger partial charge in [0.15, 0.2) is 0 Å². The summed E-state index contributed by atoms with van der Waals surface area (Å²) in [6.45, 7) is 0.923. The number of likely N-dealkylation sites (N-methyl/N-ethyl adjacent to an activating group) is 1. The third-order valence-electron chi connectivity index (χ3n) is 6.39. The largest absolute Gasteiger partial charge is 0.375 e. The van der Waals surface area contributed by atoms with Crippen molar-refractivity contribution in [2.24, 2.45) is 11.8 Å². The van der Waals surface area contributed by atoms with E-state index in [4.69, 9.17) is 10.6 Å². The van der Waals surface area contributed by atoms with E-state index in [0.29, 0.717) is 12.0 Å². The minimum absolute atomic E-state index is 0.212. The van der Waals surface area contributed by atoms with Crippen LogP contribution in [-0.4, -0.2) is 42.8 Å². The molecular weight excluding hydrogens is 250 g/mol. The zero-order valence-electron chi connectivity index (χ0n) is 13.2. The summed E-state index contributed by atoms with van der Waals surface area (Å²) in [5.41, 5.74) is 3.69. The van der Waals surface area contributed by atoms with Crippen molar-refractivity contribution in [3.05, 3.63) is 0 Å². The van der Waals surface area contributed by atoms with Gasteiger partial charge in [-0.3, -0.25) is 11.3 Å². The van der Waals surface area contributed by atoms with Gasteiger partial charge in [0.1, 0.15) is 0 Å². The Balaban J connectivity index is 1.78. The molecule has 2 atom stereocenters. The van der Waals surface area contributed by atoms with Crippen LogP contribution >= 0.6 is 0 Å². The van der Waals surface area contributed by atoms with Crippen molar-refractivity contribution < 1.29 is 4.74 Å². The highest BCUT2D eigenvalue weighted by molar-refractivity contribution is 5.07. The lowest BCUT2D eigenvalue weighted by Gasteiger charge is -2.53. The van der Waals surface area contributed by atoms with Crippen molar-refractivity contribution in [2.75, 3.05) is 20.7 Å². The molecule has 1 heterocycles. The van der Waals surface area contributed by atoms with Gasteiger partial charge in [0, 0.05) is 18.2 Å². The molecule has 1 spiro atoms. The molecule has 3 aliphatic rings. The first-order valence-corrected chi connectivity index (χ1v) is 8.39. The van der Waals surface area contributed by atoms with E-state index in [9.17, 15) is 0 Å². The number of rotatable bonds is 4. The Kier molecular flexibility index (Phi) is 4.10. The topological polar surface area (TPSA) is 50.5 Å². The number of hydrogen-bond acceptors (Lipinski definition) is 4. The molecule has 0 aromatic heterocycles. The quantitative estimate of drug-likeness (QED) is 0.611. The van der Waals surface area contributed by atoms with Gasteiger partial charge in [0.25, 0.3) is 0 Å². The van der Waals surface area contributed by atoms with Crippen molar-refractivity contribution in [3.8, 4) is 0 Å². The standard InChI is InChI=1S/C16H31N3O/c1-19(2)16(9-3-4-10-16)14(18-17)13-6-11-20-15(12-13)7-5-8-15/h13-14,18H,3-12,17H2,1-2H3. The number of nitrogens with zero attached hydrogens (tertiary/aromatic N) is 1. The smallest absolute Gasteiger partial charge is 0.0685 e. The van der Waals surface area contributed by atoms with Gasteiger partial charge in [0.05, 0.1) is 5.60 Å². The minimum atomic E-state index is 0.212. The van der Waals surface area contributed by atoms with E-state index in [1.165, 1.54) is 51.4 Å². The highest BCUT2D eigenvalue weighted by Crippen LogP contribution is 2.48. The zero-order valence-corrected chi connectivity index (χ0v) is 13.2. The molecular formula is C16H31N3O. The number of nitrogens with one attached hydrogen (secondary N) is 1. The van der Waals surface area contributed by atoms with Crippen molar-refractivity contribution in [3.63, 3.8) is 0 Å². The first-order chi connectivity index (χ1) is 9.62. The predicted molar refractivity (Wildman–Crippen MR) is 81.3 cm³/mol. The van der Waals surface area contributed by atoms with Crippen LogP contribution in [0.15, 0.2) is 0 Å². The van der Waals surface area contributed by atoms with Gasteiger partial charge in [-0.1, -0.05) is 12.8 Å². The fourth-order valence-corrected chi connectivity index (χ4v) is 5.02. The molecule has 0 aromatic carbocycles. The highest BCUT2D eigenvalue weighted by atomic mass is 16.5. The Hall–Kier alpha value is -0.160. The van der Waals surface area contributed by atoms with Crippen LogP contribution in [0.3, 0.4) is 0 Å². The molecule has 4 nitrogen and oxygen atoms in total. The Bertz CT molecular complexity index is 335. The molecule has 0 bridgehead atoms. The van der Waals surface area contributed by atoms with Crippen LogP contribution in [0.5, 0.6) is 0 Å². The lowest BCUT2D eigenvalue weighted by atomic mass is 9.67. The van der Waals surface area contributed by atoms with E-state index in [-0.39, 0.29) is 11.1 Å². The third kappa shape index (κ3) is 2.31. The third-order valence-corrected chi connectivity index (χ3v) is 6.39. The van der Waals surface area contributed by atoms with Gasteiger partial charge >= 0.3 is 0 Å². The Morgan fingerprint density at radius 3 is 2.35 bits per heavy atom. The van der Waals surface area contributed by atoms with E-state index >= 15 is 0 Å². The molecule has 2 aliphatic carbocycles. The number of ether oxygens (including phenoxy) is 1. The molecule has 4 heteroatoms. The molecule has 3 fully saturated rings. The fraction of sp³-hybridized carbons (Fsp3) is 1.00. The maximum Gasteiger partial charge on any atom is 0.0685 e. The van der Waals surface area contributed by atoms with E-state index in [1.54, 1.807) is 0 Å².